The second-order valence-corrected chi connectivity index (χ2v) is 7.03. The van der Waals surface area contributed by atoms with Crippen LogP contribution in [0.2, 0.25) is 0 Å². The molecule has 0 aromatic heterocycles. The van der Waals surface area contributed by atoms with E-state index in [-0.39, 0.29) is 23.4 Å². The minimum Gasteiger partial charge on any atom is -0.493 e. The van der Waals surface area contributed by atoms with Crippen LogP contribution in [0, 0.1) is 6.92 Å². The Bertz CT molecular complexity index is 857. The highest BCUT2D eigenvalue weighted by molar-refractivity contribution is 5.94. The first-order valence-electron chi connectivity index (χ1n) is 9.77. The first-order valence-corrected chi connectivity index (χ1v) is 9.77. The Kier molecular flexibility index (Phi) is 7.59. The van der Waals surface area contributed by atoms with Crippen LogP contribution in [0.25, 0.3) is 0 Å². The fourth-order valence-corrected chi connectivity index (χ4v) is 3.52. The quantitative estimate of drug-likeness (QED) is 0.709. The van der Waals surface area contributed by atoms with E-state index in [1.165, 1.54) is 25.3 Å². The van der Waals surface area contributed by atoms with Gasteiger partial charge in [0, 0.05) is 25.2 Å². The summed E-state index contributed by atoms with van der Waals surface area (Å²) in [5, 5.41) is 2.96. The molecule has 1 atom stereocenters. The lowest BCUT2D eigenvalue weighted by Gasteiger charge is -2.35. The number of aryl methyl sites for hydroxylation is 1. The fourth-order valence-electron chi connectivity index (χ4n) is 3.52. The Morgan fingerprint density at radius 2 is 1.93 bits per heavy atom. The third-order valence-electron chi connectivity index (χ3n) is 5.01. The van der Waals surface area contributed by atoms with Gasteiger partial charge in [-0.3, -0.25) is 9.69 Å². The van der Waals surface area contributed by atoms with Gasteiger partial charge in [0.25, 0.3) is 5.91 Å². The smallest absolute Gasteiger partial charge is 0.387 e. The molecule has 0 radical (unpaired) electrons. The molecule has 1 aliphatic heterocycles. The highest BCUT2D eigenvalue weighted by atomic mass is 19.3. The number of halogens is 2. The number of rotatable bonds is 8. The third kappa shape index (κ3) is 5.67. The van der Waals surface area contributed by atoms with E-state index >= 15 is 0 Å². The molecule has 8 heteroatoms. The van der Waals surface area contributed by atoms with Gasteiger partial charge in [0.2, 0.25) is 0 Å². The molecular formula is C22H26F2N2O4. The third-order valence-corrected chi connectivity index (χ3v) is 5.01. The maximum absolute atomic E-state index is 12.7. The van der Waals surface area contributed by atoms with Gasteiger partial charge in [0.05, 0.1) is 26.4 Å². The van der Waals surface area contributed by atoms with Crippen molar-refractivity contribution in [1.82, 2.24) is 10.2 Å². The first-order chi connectivity index (χ1) is 14.5. The molecule has 0 saturated carbocycles. The molecule has 2 aromatic rings. The second kappa shape index (κ2) is 10.4. The van der Waals surface area contributed by atoms with Crippen LogP contribution in [0.3, 0.4) is 0 Å². The van der Waals surface area contributed by atoms with E-state index in [1.54, 1.807) is 0 Å². The topological polar surface area (TPSA) is 60.0 Å². The number of methoxy groups -OCH3 is 1. The number of hydrogen-bond donors (Lipinski definition) is 1. The maximum atomic E-state index is 12.7. The number of nitrogens with zero attached hydrogens (tertiary/aromatic N) is 1. The average molecular weight is 420 g/mol. The summed E-state index contributed by atoms with van der Waals surface area (Å²) in [4.78, 5) is 15.0. The largest absolute Gasteiger partial charge is 0.493 e. The molecule has 0 bridgehead atoms. The zero-order chi connectivity index (χ0) is 21.5. The van der Waals surface area contributed by atoms with Gasteiger partial charge in [0.1, 0.15) is 0 Å². The Labute approximate surface area is 174 Å². The van der Waals surface area contributed by atoms with Crippen LogP contribution in [0.4, 0.5) is 8.78 Å². The van der Waals surface area contributed by atoms with Crippen molar-refractivity contribution in [3.05, 3.63) is 59.2 Å². The number of hydrogen-bond acceptors (Lipinski definition) is 5. The Hall–Kier alpha value is -2.71. The molecule has 0 aliphatic carbocycles. The van der Waals surface area contributed by atoms with E-state index in [9.17, 15) is 13.6 Å². The maximum Gasteiger partial charge on any atom is 0.387 e. The summed E-state index contributed by atoms with van der Waals surface area (Å²) in [6.07, 6.45) is 0. The summed E-state index contributed by atoms with van der Waals surface area (Å²) in [6, 6.07) is 12.3. The van der Waals surface area contributed by atoms with E-state index in [4.69, 9.17) is 9.47 Å². The number of benzene rings is 2. The number of nitrogens with one attached hydrogen (secondary N) is 1. The summed E-state index contributed by atoms with van der Waals surface area (Å²) >= 11 is 0. The summed E-state index contributed by atoms with van der Waals surface area (Å²) in [7, 11) is 1.33. The number of alkyl halides is 2. The zero-order valence-corrected chi connectivity index (χ0v) is 17.1. The Balaban J connectivity index is 1.73. The lowest BCUT2D eigenvalue weighted by molar-refractivity contribution is -0.0512. The van der Waals surface area contributed by atoms with Crippen LogP contribution in [-0.2, 0) is 4.74 Å². The SMILES string of the molecule is COc1cc(C(=O)NCC(c2cccc(C)c2)N2CCOCC2)ccc1OC(F)F. The van der Waals surface area contributed by atoms with Crippen molar-refractivity contribution < 1.29 is 27.8 Å². The molecule has 1 fully saturated rings. The van der Waals surface area contributed by atoms with Gasteiger partial charge in [0.15, 0.2) is 11.5 Å². The Morgan fingerprint density at radius 1 is 1.17 bits per heavy atom. The lowest BCUT2D eigenvalue weighted by atomic mass is 10.0. The molecule has 1 aliphatic rings. The summed E-state index contributed by atoms with van der Waals surface area (Å²) in [5.41, 5.74) is 2.57. The summed E-state index contributed by atoms with van der Waals surface area (Å²) < 4.78 is 40.0. The van der Waals surface area contributed by atoms with Gasteiger partial charge in [-0.1, -0.05) is 29.8 Å². The molecule has 1 saturated heterocycles. The van der Waals surface area contributed by atoms with Gasteiger partial charge < -0.3 is 19.5 Å². The van der Waals surface area contributed by atoms with Crippen molar-refractivity contribution in [3.63, 3.8) is 0 Å². The molecule has 1 heterocycles. The van der Waals surface area contributed by atoms with E-state index in [0.29, 0.717) is 25.3 Å². The highest BCUT2D eigenvalue weighted by Gasteiger charge is 2.24. The van der Waals surface area contributed by atoms with Crippen molar-refractivity contribution in [2.75, 3.05) is 40.0 Å². The normalized spacial score (nSPS) is 15.6. The highest BCUT2D eigenvalue weighted by Crippen LogP contribution is 2.29. The predicted octanol–water partition coefficient (Wildman–Crippen LogP) is 3.41. The molecular weight excluding hydrogens is 394 g/mol. The summed E-state index contributed by atoms with van der Waals surface area (Å²) in [5.74, 6) is -0.357. The van der Waals surface area contributed by atoms with Gasteiger partial charge in [-0.05, 0) is 30.7 Å². The van der Waals surface area contributed by atoms with Crippen molar-refractivity contribution in [2.24, 2.45) is 0 Å². The van der Waals surface area contributed by atoms with E-state index in [0.717, 1.165) is 24.2 Å². The van der Waals surface area contributed by atoms with Crippen molar-refractivity contribution in [2.45, 2.75) is 19.6 Å². The monoisotopic (exact) mass is 420 g/mol. The van der Waals surface area contributed by atoms with Gasteiger partial charge in [-0.25, -0.2) is 0 Å². The predicted molar refractivity (Wildman–Crippen MR) is 108 cm³/mol. The van der Waals surface area contributed by atoms with Crippen LogP contribution >= 0.6 is 0 Å². The molecule has 0 spiro atoms. The van der Waals surface area contributed by atoms with Crippen LogP contribution in [0.1, 0.15) is 27.5 Å². The van der Waals surface area contributed by atoms with Crippen LogP contribution in [-0.4, -0.2) is 57.4 Å². The first kappa shape index (κ1) is 22.0. The lowest BCUT2D eigenvalue weighted by Crippen LogP contribution is -2.43. The molecule has 30 heavy (non-hydrogen) atoms. The molecule has 3 rings (SSSR count). The minimum absolute atomic E-state index is 0.00101. The fraction of sp³-hybridized carbons (Fsp3) is 0.409. The molecule has 1 N–H and O–H groups in total. The van der Waals surface area contributed by atoms with Crippen molar-refractivity contribution >= 4 is 5.91 Å². The summed E-state index contributed by atoms with van der Waals surface area (Å²) in [6.45, 7) is 2.33. The van der Waals surface area contributed by atoms with Crippen LogP contribution in [0.5, 0.6) is 11.5 Å². The number of ether oxygens (including phenoxy) is 3. The number of carbonyl (C=O) groups is 1. The van der Waals surface area contributed by atoms with Gasteiger partial charge in [-0.2, -0.15) is 8.78 Å². The molecule has 162 valence electrons. The second-order valence-electron chi connectivity index (χ2n) is 7.03. The number of amides is 1. The molecule has 6 nitrogen and oxygen atoms in total. The minimum atomic E-state index is -2.97. The van der Waals surface area contributed by atoms with Gasteiger partial charge >= 0.3 is 6.61 Å². The number of carbonyl (C=O) groups excluding carboxylic acids is 1. The average Bonchev–Trinajstić information content (AvgIpc) is 2.74. The van der Waals surface area contributed by atoms with Crippen LogP contribution < -0.4 is 14.8 Å². The zero-order valence-electron chi connectivity index (χ0n) is 17.1. The van der Waals surface area contributed by atoms with E-state index in [2.05, 4.69) is 27.1 Å². The van der Waals surface area contributed by atoms with E-state index in [1.807, 2.05) is 19.1 Å². The van der Waals surface area contributed by atoms with Crippen LogP contribution in [0.15, 0.2) is 42.5 Å². The van der Waals surface area contributed by atoms with Gasteiger partial charge in [-0.15, -0.1) is 0 Å². The number of morpholine rings is 1. The Morgan fingerprint density at radius 3 is 2.60 bits per heavy atom. The molecule has 1 unspecified atom stereocenters. The molecule has 2 aromatic carbocycles. The molecule has 1 amide bonds. The van der Waals surface area contributed by atoms with E-state index < -0.39 is 6.61 Å². The van der Waals surface area contributed by atoms with Crippen molar-refractivity contribution in [3.8, 4) is 11.5 Å². The van der Waals surface area contributed by atoms with Crippen molar-refractivity contribution in [1.29, 1.82) is 0 Å². The standard InChI is InChI=1S/C22H26F2N2O4/c1-15-4-3-5-16(12-15)18(26-8-10-29-11-9-26)14-25-21(27)17-6-7-19(30-22(23)24)20(13-17)28-2/h3-7,12-13,18,22H,8-11,14H2,1-2H3,(H,25,27).